The molecule has 1 aromatic rings. The molecule has 0 spiro atoms. The van der Waals surface area contributed by atoms with Gasteiger partial charge in [0.2, 0.25) is 5.91 Å². The Kier molecular flexibility index (Phi) is 5.81. The maximum absolute atomic E-state index is 13.3. The monoisotopic (exact) mass is 334 g/mol. The lowest BCUT2D eigenvalue weighted by Crippen LogP contribution is -2.54. The third kappa shape index (κ3) is 3.94. The molecular formula is C18H27FN4O. The van der Waals surface area contributed by atoms with Crippen LogP contribution in [0, 0.1) is 5.82 Å². The van der Waals surface area contributed by atoms with E-state index < -0.39 is 0 Å². The van der Waals surface area contributed by atoms with Crippen LogP contribution >= 0.6 is 0 Å². The van der Waals surface area contributed by atoms with E-state index in [1.807, 2.05) is 4.90 Å². The number of piperazine rings is 2. The van der Waals surface area contributed by atoms with Gasteiger partial charge in [0.1, 0.15) is 11.9 Å². The van der Waals surface area contributed by atoms with Crippen molar-refractivity contribution in [3.63, 3.8) is 0 Å². The standard InChI is InChI=1S/C18H27FN4O/c1-2-21-11-13-23(14-12-21)18(24)17(22-9-7-20-8-10-22)15-3-5-16(19)6-4-15/h3-6,17,20H,2,7-14H2,1H3. The average Bonchev–Trinajstić information content (AvgIpc) is 2.64. The maximum atomic E-state index is 13.3. The predicted octanol–water partition coefficient (Wildman–Crippen LogP) is 0.936. The Balaban J connectivity index is 1.78. The number of carbonyl (C=O) groups is 1. The normalized spacial score (nSPS) is 21.7. The Bertz CT molecular complexity index is 536. The van der Waals surface area contributed by atoms with Gasteiger partial charge in [-0.05, 0) is 24.2 Å². The topological polar surface area (TPSA) is 38.8 Å². The molecular weight excluding hydrogens is 307 g/mol. The van der Waals surface area contributed by atoms with Gasteiger partial charge in [0, 0.05) is 52.4 Å². The van der Waals surface area contributed by atoms with Crippen molar-refractivity contribution in [2.45, 2.75) is 13.0 Å². The van der Waals surface area contributed by atoms with E-state index in [0.29, 0.717) is 0 Å². The van der Waals surface area contributed by atoms with Gasteiger partial charge in [-0.2, -0.15) is 0 Å². The lowest BCUT2D eigenvalue weighted by atomic mass is 10.0. The molecule has 1 aromatic carbocycles. The number of halogens is 1. The second-order valence-electron chi connectivity index (χ2n) is 6.50. The fourth-order valence-corrected chi connectivity index (χ4v) is 3.55. The fourth-order valence-electron chi connectivity index (χ4n) is 3.55. The summed E-state index contributed by atoms with van der Waals surface area (Å²) in [5.74, 6) is -0.110. The minimum absolute atomic E-state index is 0.152. The molecule has 0 aliphatic carbocycles. The van der Waals surface area contributed by atoms with Crippen molar-refractivity contribution in [3.05, 3.63) is 35.6 Å². The van der Waals surface area contributed by atoms with Crippen molar-refractivity contribution >= 4 is 5.91 Å². The Hall–Kier alpha value is -1.50. The summed E-state index contributed by atoms with van der Waals surface area (Å²) in [4.78, 5) is 19.8. The molecule has 2 fully saturated rings. The first kappa shape index (κ1) is 17.3. The molecule has 24 heavy (non-hydrogen) atoms. The highest BCUT2D eigenvalue weighted by molar-refractivity contribution is 5.83. The van der Waals surface area contributed by atoms with Crippen molar-refractivity contribution in [3.8, 4) is 0 Å². The molecule has 6 heteroatoms. The second kappa shape index (κ2) is 8.05. The molecule has 0 radical (unpaired) electrons. The molecule has 0 saturated carbocycles. The Morgan fingerprint density at radius 1 is 1.08 bits per heavy atom. The van der Waals surface area contributed by atoms with Crippen molar-refractivity contribution < 1.29 is 9.18 Å². The summed E-state index contributed by atoms with van der Waals surface area (Å²) in [7, 11) is 0. The van der Waals surface area contributed by atoms with E-state index in [4.69, 9.17) is 0 Å². The molecule has 1 amide bonds. The van der Waals surface area contributed by atoms with Crippen LogP contribution in [0.25, 0.3) is 0 Å². The van der Waals surface area contributed by atoms with E-state index in [2.05, 4.69) is 22.0 Å². The molecule has 2 aliphatic rings. The van der Waals surface area contributed by atoms with E-state index in [1.165, 1.54) is 12.1 Å². The summed E-state index contributed by atoms with van der Waals surface area (Å²) >= 11 is 0. The van der Waals surface area contributed by atoms with Gasteiger partial charge in [0.15, 0.2) is 0 Å². The largest absolute Gasteiger partial charge is 0.338 e. The van der Waals surface area contributed by atoms with Gasteiger partial charge in [0.05, 0.1) is 0 Å². The van der Waals surface area contributed by atoms with E-state index in [1.54, 1.807) is 12.1 Å². The molecule has 1 unspecified atom stereocenters. The molecule has 2 saturated heterocycles. The highest BCUT2D eigenvalue weighted by Gasteiger charge is 2.33. The zero-order valence-electron chi connectivity index (χ0n) is 14.4. The first-order chi connectivity index (χ1) is 11.7. The molecule has 5 nitrogen and oxygen atoms in total. The molecule has 2 heterocycles. The highest BCUT2D eigenvalue weighted by Crippen LogP contribution is 2.25. The van der Waals surface area contributed by atoms with Gasteiger partial charge in [-0.3, -0.25) is 9.69 Å². The predicted molar refractivity (Wildman–Crippen MR) is 92.3 cm³/mol. The van der Waals surface area contributed by atoms with Crippen LogP contribution in [0.4, 0.5) is 4.39 Å². The number of nitrogens with zero attached hydrogens (tertiary/aromatic N) is 3. The smallest absolute Gasteiger partial charge is 0.244 e. The van der Waals surface area contributed by atoms with Crippen LogP contribution in [0.2, 0.25) is 0 Å². The number of hydrogen-bond donors (Lipinski definition) is 1. The highest BCUT2D eigenvalue weighted by atomic mass is 19.1. The number of nitrogens with one attached hydrogen (secondary N) is 1. The molecule has 132 valence electrons. The van der Waals surface area contributed by atoms with Crippen LogP contribution in [0.5, 0.6) is 0 Å². The van der Waals surface area contributed by atoms with Crippen LogP contribution in [0.15, 0.2) is 24.3 Å². The van der Waals surface area contributed by atoms with E-state index in [-0.39, 0.29) is 17.8 Å². The Morgan fingerprint density at radius 2 is 1.71 bits per heavy atom. The summed E-state index contributed by atoms with van der Waals surface area (Å²) < 4.78 is 13.3. The molecule has 0 bridgehead atoms. The van der Waals surface area contributed by atoms with Crippen molar-refractivity contribution in [2.75, 3.05) is 58.9 Å². The Morgan fingerprint density at radius 3 is 2.29 bits per heavy atom. The SMILES string of the molecule is CCN1CCN(C(=O)C(c2ccc(F)cc2)N2CCNCC2)CC1. The number of carbonyl (C=O) groups excluding carboxylic acids is 1. The minimum atomic E-state index is -0.305. The van der Waals surface area contributed by atoms with Crippen LogP contribution in [-0.4, -0.2) is 79.5 Å². The van der Waals surface area contributed by atoms with Gasteiger partial charge >= 0.3 is 0 Å². The third-order valence-electron chi connectivity index (χ3n) is 5.07. The summed E-state index contributed by atoms with van der Waals surface area (Å²) in [6, 6.07) is 6.10. The molecule has 2 aliphatic heterocycles. The van der Waals surface area contributed by atoms with E-state index in [9.17, 15) is 9.18 Å². The summed E-state index contributed by atoms with van der Waals surface area (Å²) in [6.45, 7) is 10.0. The summed E-state index contributed by atoms with van der Waals surface area (Å²) in [5, 5.41) is 3.33. The van der Waals surface area contributed by atoms with Gasteiger partial charge in [-0.1, -0.05) is 19.1 Å². The third-order valence-corrected chi connectivity index (χ3v) is 5.07. The molecule has 1 atom stereocenters. The number of amides is 1. The van der Waals surface area contributed by atoms with E-state index >= 15 is 0 Å². The first-order valence-corrected chi connectivity index (χ1v) is 8.90. The zero-order chi connectivity index (χ0) is 16.9. The van der Waals surface area contributed by atoms with Crippen LogP contribution in [0.1, 0.15) is 18.5 Å². The molecule has 0 aromatic heterocycles. The van der Waals surface area contributed by atoms with E-state index in [0.717, 1.165) is 64.5 Å². The van der Waals surface area contributed by atoms with Gasteiger partial charge in [-0.15, -0.1) is 0 Å². The number of benzene rings is 1. The van der Waals surface area contributed by atoms with Gasteiger partial charge in [0.25, 0.3) is 0 Å². The van der Waals surface area contributed by atoms with Crippen molar-refractivity contribution in [1.29, 1.82) is 0 Å². The quantitative estimate of drug-likeness (QED) is 0.889. The van der Waals surface area contributed by atoms with Gasteiger partial charge < -0.3 is 15.1 Å². The molecule has 3 rings (SSSR count). The zero-order valence-corrected chi connectivity index (χ0v) is 14.4. The Labute approximate surface area is 143 Å². The van der Waals surface area contributed by atoms with Crippen LogP contribution < -0.4 is 5.32 Å². The first-order valence-electron chi connectivity index (χ1n) is 8.90. The van der Waals surface area contributed by atoms with Crippen molar-refractivity contribution in [1.82, 2.24) is 20.0 Å². The van der Waals surface area contributed by atoms with Crippen LogP contribution in [-0.2, 0) is 4.79 Å². The minimum Gasteiger partial charge on any atom is -0.338 e. The molecule has 1 N–H and O–H groups in total. The number of rotatable bonds is 4. The lowest BCUT2D eigenvalue weighted by Gasteiger charge is -2.40. The van der Waals surface area contributed by atoms with Crippen molar-refractivity contribution in [2.24, 2.45) is 0 Å². The van der Waals surface area contributed by atoms with Gasteiger partial charge in [-0.25, -0.2) is 4.39 Å². The number of hydrogen-bond acceptors (Lipinski definition) is 4. The second-order valence-corrected chi connectivity index (χ2v) is 6.50. The maximum Gasteiger partial charge on any atom is 0.244 e. The number of likely N-dealkylation sites (N-methyl/N-ethyl adjacent to an activating group) is 1. The lowest BCUT2D eigenvalue weighted by molar-refractivity contribution is -0.139. The van der Waals surface area contributed by atoms with Crippen LogP contribution in [0.3, 0.4) is 0 Å². The fraction of sp³-hybridized carbons (Fsp3) is 0.611. The average molecular weight is 334 g/mol. The summed E-state index contributed by atoms with van der Waals surface area (Å²) in [6.07, 6.45) is 0. The summed E-state index contributed by atoms with van der Waals surface area (Å²) in [5.41, 5.74) is 0.890.